The maximum absolute atomic E-state index is 5.06. The smallest absolute Gasteiger partial charge is 0.162 e. The molecule has 3 aromatic heterocycles. The fourth-order valence-corrected chi connectivity index (χ4v) is 4.21. The third kappa shape index (κ3) is 2.85. The second-order valence-corrected chi connectivity index (χ2v) is 7.67. The summed E-state index contributed by atoms with van der Waals surface area (Å²) in [5.74, 6) is 2.53. The van der Waals surface area contributed by atoms with Crippen molar-refractivity contribution in [2.24, 2.45) is 0 Å². The third-order valence-corrected chi connectivity index (χ3v) is 5.55. The summed E-state index contributed by atoms with van der Waals surface area (Å²) in [6.07, 6.45) is 8.21. The molecule has 0 N–H and O–H groups in total. The normalized spacial score (nSPS) is 15.2. The average Bonchev–Trinajstić information content (AvgIpc) is 3.28. The molecule has 4 aromatic rings. The molecule has 30 heavy (non-hydrogen) atoms. The van der Waals surface area contributed by atoms with Gasteiger partial charge in [-0.25, -0.2) is 9.97 Å². The zero-order valence-corrected chi connectivity index (χ0v) is 17.3. The van der Waals surface area contributed by atoms with E-state index in [1.165, 1.54) is 0 Å². The monoisotopic (exact) mass is 397 g/mol. The highest BCUT2D eigenvalue weighted by Crippen LogP contribution is 2.40. The summed E-state index contributed by atoms with van der Waals surface area (Å²) < 4.78 is 2.01. The van der Waals surface area contributed by atoms with Crippen LogP contribution in [0.5, 0.6) is 0 Å². The van der Waals surface area contributed by atoms with E-state index in [2.05, 4.69) is 53.0 Å². The SMILES string of the molecule is CCC1c2nncn2-c2cnc(-c3ccncc3-c3ccccc3)nc2N1C(C)C. The Balaban J connectivity index is 1.70. The van der Waals surface area contributed by atoms with Crippen LogP contribution < -0.4 is 4.90 Å². The van der Waals surface area contributed by atoms with Crippen molar-refractivity contribution in [1.82, 2.24) is 29.7 Å². The molecule has 0 amide bonds. The zero-order chi connectivity index (χ0) is 20.7. The van der Waals surface area contributed by atoms with Gasteiger partial charge in [0.15, 0.2) is 17.5 Å². The van der Waals surface area contributed by atoms with E-state index in [4.69, 9.17) is 9.97 Å². The first kappa shape index (κ1) is 18.4. The molecule has 7 heteroatoms. The van der Waals surface area contributed by atoms with Gasteiger partial charge < -0.3 is 4.90 Å². The number of anilines is 1. The maximum atomic E-state index is 5.06. The van der Waals surface area contributed by atoms with Crippen molar-refractivity contribution >= 4 is 5.82 Å². The lowest BCUT2D eigenvalue weighted by Gasteiger charge is -2.39. The quantitative estimate of drug-likeness (QED) is 0.506. The van der Waals surface area contributed by atoms with Gasteiger partial charge in [0.05, 0.1) is 12.2 Å². The van der Waals surface area contributed by atoms with Crippen molar-refractivity contribution in [2.45, 2.75) is 39.3 Å². The van der Waals surface area contributed by atoms with Gasteiger partial charge in [0, 0.05) is 29.6 Å². The van der Waals surface area contributed by atoms with E-state index in [1.54, 1.807) is 12.5 Å². The van der Waals surface area contributed by atoms with Gasteiger partial charge in [-0.15, -0.1) is 10.2 Å². The highest BCUT2D eigenvalue weighted by Gasteiger charge is 2.35. The number of fused-ring (bicyclic) bond motifs is 3. The number of benzene rings is 1. The number of rotatable bonds is 4. The van der Waals surface area contributed by atoms with Crippen LogP contribution in [0.2, 0.25) is 0 Å². The molecule has 0 radical (unpaired) electrons. The van der Waals surface area contributed by atoms with Crippen molar-refractivity contribution in [3.8, 4) is 28.2 Å². The first-order valence-corrected chi connectivity index (χ1v) is 10.2. The summed E-state index contributed by atoms with van der Waals surface area (Å²) >= 11 is 0. The maximum Gasteiger partial charge on any atom is 0.162 e. The standard InChI is InChI=1S/C23H23N7/c1-4-19-23-28-26-14-29(23)20-13-25-21(27-22(20)30(19)15(2)3)17-10-11-24-12-18(17)16-8-6-5-7-9-16/h5-15,19H,4H2,1-3H3. The summed E-state index contributed by atoms with van der Waals surface area (Å²) in [7, 11) is 0. The molecule has 0 bridgehead atoms. The minimum atomic E-state index is 0.119. The second kappa shape index (κ2) is 7.33. The van der Waals surface area contributed by atoms with Crippen molar-refractivity contribution in [3.63, 3.8) is 0 Å². The van der Waals surface area contributed by atoms with Crippen LogP contribution in [-0.2, 0) is 0 Å². The average molecular weight is 397 g/mol. The predicted octanol–water partition coefficient (Wildman–Crippen LogP) is 4.47. The number of pyridine rings is 1. The first-order valence-electron chi connectivity index (χ1n) is 10.2. The fraction of sp³-hybridized carbons (Fsp3) is 0.261. The van der Waals surface area contributed by atoms with Gasteiger partial charge in [-0.3, -0.25) is 9.55 Å². The van der Waals surface area contributed by atoms with Crippen molar-refractivity contribution in [2.75, 3.05) is 4.90 Å². The van der Waals surface area contributed by atoms with E-state index in [0.717, 1.165) is 40.4 Å². The molecule has 150 valence electrons. The summed E-state index contributed by atoms with van der Waals surface area (Å²) in [5.41, 5.74) is 3.98. The Bertz CT molecular complexity index is 1180. The van der Waals surface area contributed by atoms with Gasteiger partial charge in [0.25, 0.3) is 0 Å². The molecule has 0 saturated heterocycles. The fourth-order valence-electron chi connectivity index (χ4n) is 4.21. The van der Waals surface area contributed by atoms with Gasteiger partial charge in [0.2, 0.25) is 0 Å². The zero-order valence-electron chi connectivity index (χ0n) is 17.3. The molecule has 4 heterocycles. The van der Waals surface area contributed by atoms with E-state index in [1.807, 2.05) is 41.2 Å². The van der Waals surface area contributed by atoms with Crippen LogP contribution in [0.25, 0.3) is 28.2 Å². The highest BCUT2D eigenvalue weighted by molar-refractivity contribution is 5.80. The van der Waals surface area contributed by atoms with Crippen LogP contribution in [0.3, 0.4) is 0 Å². The van der Waals surface area contributed by atoms with E-state index in [9.17, 15) is 0 Å². The van der Waals surface area contributed by atoms with Crippen LogP contribution in [-0.4, -0.2) is 35.8 Å². The lowest BCUT2D eigenvalue weighted by atomic mass is 10.0. The summed E-state index contributed by atoms with van der Waals surface area (Å²) in [6.45, 7) is 6.53. The molecule has 7 nitrogen and oxygen atoms in total. The summed E-state index contributed by atoms with van der Waals surface area (Å²) in [4.78, 5) is 16.5. The molecule has 0 spiro atoms. The highest BCUT2D eigenvalue weighted by atomic mass is 15.4. The molecule has 1 aromatic carbocycles. The Morgan fingerprint density at radius 1 is 1.03 bits per heavy atom. The summed E-state index contributed by atoms with van der Waals surface area (Å²) in [5, 5.41) is 8.53. The molecular formula is C23H23N7. The van der Waals surface area contributed by atoms with Crippen molar-refractivity contribution in [3.05, 3.63) is 67.1 Å². The molecule has 0 fully saturated rings. The van der Waals surface area contributed by atoms with Gasteiger partial charge in [-0.2, -0.15) is 0 Å². The Hall–Kier alpha value is -3.61. The van der Waals surface area contributed by atoms with E-state index < -0.39 is 0 Å². The van der Waals surface area contributed by atoms with Crippen molar-refractivity contribution in [1.29, 1.82) is 0 Å². The summed E-state index contributed by atoms with van der Waals surface area (Å²) in [6, 6.07) is 12.6. The van der Waals surface area contributed by atoms with Crippen LogP contribution in [0.1, 0.15) is 39.1 Å². The third-order valence-electron chi connectivity index (χ3n) is 5.55. The first-order chi connectivity index (χ1) is 14.7. The second-order valence-electron chi connectivity index (χ2n) is 7.67. The van der Waals surface area contributed by atoms with Gasteiger partial charge >= 0.3 is 0 Å². The lowest BCUT2D eigenvalue weighted by molar-refractivity contribution is 0.497. The molecule has 1 aliphatic rings. The van der Waals surface area contributed by atoms with Crippen LogP contribution in [0.15, 0.2) is 61.3 Å². The lowest BCUT2D eigenvalue weighted by Crippen LogP contribution is -2.40. The Kier molecular flexibility index (Phi) is 4.50. The Labute approximate surface area is 175 Å². The minimum Gasteiger partial charge on any atom is -0.342 e. The largest absolute Gasteiger partial charge is 0.342 e. The van der Waals surface area contributed by atoms with E-state index in [0.29, 0.717) is 5.82 Å². The van der Waals surface area contributed by atoms with Crippen molar-refractivity contribution < 1.29 is 0 Å². The molecule has 0 aliphatic carbocycles. The molecule has 1 atom stereocenters. The Morgan fingerprint density at radius 2 is 1.87 bits per heavy atom. The van der Waals surface area contributed by atoms with Crippen LogP contribution in [0.4, 0.5) is 5.82 Å². The molecule has 5 rings (SSSR count). The number of aromatic nitrogens is 6. The number of nitrogens with zero attached hydrogens (tertiary/aromatic N) is 7. The minimum absolute atomic E-state index is 0.119. The molecule has 0 saturated carbocycles. The van der Waals surface area contributed by atoms with Crippen LogP contribution >= 0.6 is 0 Å². The topological polar surface area (TPSA) is 72.6 Å². The van der Waals surface area contributed by atoms with E-state index in [-0.39, 0.29) is 12.1 Å². The predicted molar refractivity (Wildman–Crippen MR) is 116 cm³/mol. The molecule has 1 unspecified atom stereocenters. The van der Waals surface area contributed by atoms with Crippen LogP contribution in [0, 0.1) is 0 Å². The van der Waals surface area contributed by atoms with Gasteiger partial charge in [0.1, 0.15) is 12.0 Å². The van der Waals surface area contributed by atoms with Gasteiger partial charge in [-0.05, 0) is 31.9 Å². The number of hydrogen-bond donors (Lipinski definition) is 0. The molecular weight excluding hydrogens is 374 g/mol. The Morgan fingerprint density at radius 3 is 2.63 bits per heavy atom. The molecule has 1 aliphatic heterocycles. The van der Waals surface area contributed by atoms with E-state index >= 15 is 0 Å². The number of hydrogen-bond acceptors (Lipinski definition) is 6. The van der Waals surface area contributed by atoms with Gasteiger partial charge in [-0.1, -0.05) is 37.3 Å².